The maximum atomic E-state index is 6.09. The Labute approximate surface area is 96.8 Å². The fourth-order valence-electron chi connectivity index (χ4n) is 1.86. The molecule has 2 unspecified atom stereocenters. The van der Waals surface area contributed by atoms with Gasteiger partial charge in [0.05, 0.1) is 0 Å². The van der Waals surface area contributed by atoms with Crippen molar-refractivity contribution in [3.63, 3.8) is 0 Å². The minimum absolute atomic E-state index is 0.459. The van der Waals surface area contributed by atoms with E-state index in [9.17, 15) is 0 Å². The van der Waals surface area contributed by atoms with Crippen LogP contribution in [-0.4, -0.2) is 6.04 Å². The normalized spacial score (nSPS) is 15.2. The van der Waals surface area contributed by atoms with Gasteiger partial charge in [-0.2, -0.15) is 0 Å². The molecule has 0 saturated carbocycles. The third kappa shape index (κ3) is 10.2. The lowest BCUT2D eigenvalue weighted by molar-refractivity contribution is 0.434. The van der Waals surface area contributed by atoms with Gasteiger partial charge in [0.1, 0.15) is 0 Å². The lowest BCUT2D eigenvalue weighted by Gasteiger charge is -2.14. The first kappa shape index (κ1) is 15.0. The van der Waals surface area contributed by atoms with E-state index < -0.39 is 0 Å². The topological polar surface area (TPSA) is 26.0 Å². The van der Waals surface area contributed by atoms with Crippen LogP contribution in [0.5, 0.6) is 0 Å². The van der Waals surface area contributed by atoms with Gasteiger partial charge in [0.15, 0.2) is 0 Å². The fourth-order valence-corrected chi connectivity index (χ4v) is 1.86. The Morgan fingerprint density at radius 1 is 0.867 bits per heavy atom. The van der Waals surface area contributed by atoms with Crippen molar-refractivity contribution < 1.29 is 0 Å². The Morgan fingerprint density at radius 3 is 2.13 bits per heavy atom. The molecule has 1 heteroatoms. The van der Waals surface area contributed by atoms with Crippen LogP contribution in [-0.2, 0) is 0 Å². The van der Waals surface area contributed by atoms with Crippen molar-refractivity contribution in [2.24, 2.45) is 11.7 Å². The number of unbranched alkanes of at least 4 members (excludes halogenated alkanes) is 4. The summed E-state index contributed by atoms with van der Waals surface area (Å²) in [6.07, 6.45) is 11.9. The molecule has 0 bridgehead atoms. The van der Waals surface area contributed by atoms with Gasteiger partial charge < -0.3 is 5.73 Å². The van der Waals surface area contributed by atoms with E-state index in [0.717, 1.165) is 5.92 Å². The van der Waals surface area contributed by atoms with Crippen LogP contribution >= 0.6 is 0 Å². The zero-order valence-corrected chi connectivity index (χ0v) is 11.1. The summed E-state index contributed by atoms with van der Waals surface area (Å²) in [5.74, 6) is 0.858. The molecule has 92 valence electrons. The Morgan fingerprint density at radius 2 is 1.53 bits per heavy atom. The van der Waals surface area contributed by atoms with Gasteiger partial charge in [-0.15, -0.1) is 0 Å². The summed E-state index contributed by atoms with van der Waals surface area (Å²) in [7, 11) is 0. The molecule has 0 aliphatic heterocycles. The second-order valence-electron chi connectivity index (χ2n) is 5.05. The van der Waals surface area contributed by atoms with Crippen LogP contribution in [0, 0.1) is 5.92 Å². The SMILES string of the molecule is CCCCCCCC(N)CCC(C)CC. The van der Waals surface area contributed by atoms with E-state index in [-0.39, 0.29) is 0 Å². The highest BCUT2D eigenvalue weighted by Crippen LogP contribution is 2.14. The number of hydrogen-bond donors (Lipinski definition) is 1. The second kappa shape index (κ2) is 10.5. The molecular weight excluding hydrogens is 182 g/mol. The zero-order valence-electron chi connectivity index (χ0n) is 11.1. The molecule has 2 N–H and O–H groups in total. The van der Waals surface area contributed by atoms with Gasteiger partial charge in [-0.05, 0) is 25.2 Å². The Hall–Kier alpha value is -0.0400. The van der Waals surface area contributed by atoms with Gasteiger partial charge in [-0.1, -0.05) is 59.3 Å². The lowest BCUT2D eigenvalue weighted by Crippen LogP contribution is -2.20. The molecule has 0 saturated heterocycles. The van der Waals surface area contributed by atoms with Gasteiger partial charge in [-0.25, -0.2) is 0 Å². The van der Waals surface area contributed by atoms with Gasteiger partial charge in [0, 0.05) is 6.04 Å². The third-order valence-corrected chi connectivity index (χ3v) is 3.41. The molecule has 2 atom stereocenters. The summed E-state index contributed by atoms with van der Waals surface area (Å²) in [6, 6.07) is 0.459. The molecule has 0 spiro atoms. The van der Waals surface area contributed by atoms with Crippen LogP contribution in [0.25, 0.3) is 0 Å². The first-order chi connectivity index (χ1) is 7.20. The monoisotopic (exact) mass is 213 g/mol. The van der Waals surface area contributed by atoms with Crippen LogP contribution in [0.1, 0.15) is 78.6 Å². The fraction of sp³-hybridized carbons (Fsp3) is 1.00. The largest absolute Gasteiger partial charge is 0.328 e. The molecule has 0 aromatic rings. The van der Waals surface area contributed by atoms with Crippen molar-refractivity contribution in [2.75, 3.05) is 0 Å². The molecule has 0 fully saturated rings. The predicted molar refractivity (Wildman–Crippen MR) is 70.0 cm³/mol. The van der Waals surface area contributed by atoms with Gasteiger partial charge in [-0.3, -0.25) is 0 Å². The van der Waals surface area contributed by atoms with E-state index in [1.165, 1.54) is 57.8 Å². The molecule has 1 nitrogen and oxygen atoms in total. The maximum Gasteiger partial charge on any atom is 0.00389 e. The van der Waals surface area contributed by atoms with Crippen molar-refractivity contribution in [3.05, 3.63) is 0 Å². The van der Waals surface area contributed by atoms with Crippen molar-refractivity contribution in [1.82, 2.24) is 0 Å². The van der Waals surface area contributed by atoms with E-state index in [4.69, 9.17) is 5.73 Å². The molecule has 0 aromatic carbocycles. The highest BCUT2D eigenvalue weighted by atomic mass is 14.6. The average molecular weight is 213 g/mol. The third-order valence-electron chi connectivity index (χ3n) is 3.41. The number of rotatable bonds is 10. The summed E-state index contributed by atoms with van der Waals surface area (Å²) >= 11 is 0. The molecule has 15 heavy (non-hydrogen) atoms. The number of nitrogens with two attached hydrogens (primary N) is 1. The molecule has 0 aliphatic rings. The molecule has 0 aromatic heterocycles. The van der Waals surface area contributed by atoms with E-state index in [2.05, 4.69) is 20.8 Å². The first-order valence-electron chi connectivity index (χ1n) is 6.96. The van der Waals surface area contributed by atoms with Crippen LogP contribution in [0.3, 0.4) is 0 Å². The quantitative estimate of drug-likeness (QED) is 0.531. The van der Waals surface area contributed by atoms with E-state index in [1.807, 2.05) is 0 Å². The zero-order chi connectivity index (χ0) is 11.5. The second-order valence-corrected chi connectivity index (χ2v) is 5.05. The van der Waals surface area contributed by atoms with Crippen molar-refractivity contribution in [2.45, 2.75) is 84.6 Å². The summed E-state index contributed by atoms with van der Waals surface area (Å²) < 4.78 is 0. The minimum Gasteiger partial charge on any atom is -0.328 e. The van der Waals surface area contributed by atoms with Gasteiger partial charge >= 0.3 is 0 Å². The highest BCUT2D eigenvalue weighted by molar-refractivity contribution is 4.63. The summed E-state index contributed by atoms with van der Waals surface area (Å²) in [4.78, 5) is 0. The molecule has 0 aliphatic carbocycles. The Balaban J connectivity index is 3.21. The maximum absolute atomic E-state index is 6.09. The van der Waals surface area contributed by atoms with E-state index in [1.54, 1.807) is 0 Å². The lowest BCUT2D eigenvalue weighted by atomic mass is 9.97. The predicted octanol–water partition coefficient (Wildman–Crippen LogP) is 4.50. The summed E-state index contributed by atoms with van der Waals surface area (Å²) in [5.41, 5.74) is 6.09. The summed E-state index contributed by atoms with van der Waals surface area (Å²) in [6.45, 7) is 6.85. The minimum atomic E-state index is 0.459. The highest BCUT2D eigenvalue weighted by Gasteiger charge is 2.05. The standard InChI is InChI=1S/C14H31N/c1-4-6-7-8-9-10-14(15)12-11-13(3)5-2/h13-14H,4-12,15H2,1-3H3. The number of hydrogen-bond acceptors (Lipinski definition) is 1. The van der Waals surface area contributed by atoms with Crippen molar-refractivity contribution in [1.29, 1.82) is 0 Å². The van der Waals surface area contributed by atoms with Gasteiger partial charge in [0.2, 0.25) is 0 Å². The molecule has 0 rings (SSSR count). The van der Waals surface area contributed by atoms with Crippen molar-refractivity contribution >= 4 is 0 Å². The molecule has 0 heterocycles. The van der Waals surface area contributed by atoms with Crippen LogP contribution in [0.2, 0.25) is 0 Å². The molecule has 0 amide bonds. The van der Waals surface area contributed by atoms with E-state index >= 15 is 0 Å². The summed E-state index contributed by atoms with van der Waals surface area (Å²) in [5, 5.41) is 0. The van der Waals surface area contributed by atoms with E-state index in [0.29, 0.717) is 6.04 Å². The van der Waals surface area contributed by atoms with Crippen molar-refractivity contribution in [3.8, 4) is 0 Å². The molecule has 0 radical (unpaired) electrons. The Bertz CT molecular complexity index is 123. The first-order valence-corrected chi connectivity index (χ1v) is 6.96. The van der Waals surface area contributed by atoms with Gasteiger partial charge in [0.25, 0.3) is 0 Å². The van der Waals surface area contributed by atoms with Crippen LogP contribution in [0.4, 0.5) is 0 Å². The average Bonchev–Trinajstić information content (AvgIpc) is 2.25. The van der Waals surface area contributed by atoms with Crippen LogP contribution < -0.4 is 5.73 Å². The smallest absolute Gasteiger partial charge is 0.00389 e. The molecular formula is C14H31N. The Kier molecular flexibility index (Phi) is 10.4. The van der Waals surface area contributed by atoms with Crippen LogP contribution in [0.15, 0.2) is 0 Å².